The monoisotopic (exact) mass is 413 g/mol. The van der Waals surface area contributed by atoms with Gasteiger partial charge in [0.2, 0.25) is 12.7 Å². The molecule has 154 valence electrons. The lowest BCUT2D eigenvalue weighted by molar-refractivity contribution is 0.174. The highest BCUT2D eigenvalue weighted by Crippen LogP contribution is 2.40. The van der Waals surface area contributed by atoms with Crippen molar-refractivity contribution >= 4 is 0 Å². The molecule has 0 fully saturated rings. The molecule has 7 heteroatoms. The smallest absolute Gasteiger partial charge is 0.259 e. The van der Waals surface area contributed by atoms with Gasteiger partial charge in [0.05, 0.1) is 18.0 Å². The van der Waals surface area contributed by atoms with Gasteiger partial charge in [-0.25, -0.2) is 0 Å². The van der Waals surface area contributed by atoms with Crippen molar-refractivity contribution < 1.29 is 14.2 Å². The summed E-state index contributed by atoms with van der Waals surface area (Å²) in [7, 11) is 0. The highest BCUT2D eigenvalue weighted by atomic mass is 16.7. The van der Waals surface area contributed by atoms with E-state index in [1.54, 1.807) is 10.6 Å². The summed E-state index contributed by atoms with van der Waals surface area (Å²) in [5, 5.41) is 9.76. The van der Waals surface area contributed by atoms with E-state index in [1.165, 1.54) is 0 Å². The number of nitrogens with two attached hydrogens (primary N) is 1. The van der Waals surface area contributed by atoms with Crippen LogP contribution in [0.2, 0.25) is 0 Å². The minimum absolute atomic E-state index is 0.0242. The third-order valence-electron chi connectivity index (χ3n) is 5.60. The van der Waals surface area contributed by atoms with E-state index in [2.05, 4.69) is 6.07 Å². The summed E-state index contributed by atoms with van der Waals surface area (Å²) in [5.41, 5.74) is 8.89. The van der Waals surface area contributed by atoms with Crippen molar-refractivity contribution in [2.45, 2.75) is 19.4 Å². The zero-order valence-corrected chi connectivity index (χ0v) is 16.8. The van der Waals surface area contributed by atoms with Crippen LogP contribution in [-0.2, 0) is 6.54 Å². The molecule has 1 atom stereocenters. The van der Waals surface area contributed by atoms with Crippen molar-refractivity contribution in [2.75, 3.05) is 6.79 Å². The van der Waals surface area contributed by atoms with Crippen LogP contribution >= 0.6 is 0 Å². The predicted octanol–water partition coefficient (Wildman–Crippen LogP) is 3.15. The minimum atomic E-state index is -0.592. The molecule has 0 bridgehead atoms. The maximum atomic E-state index is 13.7. The minimum Gasteiger partial charge on any atom is -0.454 e. The molecule has 0 spiro atoms. The SMILES string of the molecule is Cc1cc2c(c(=O)n1Cc1ccc3c(c1)OCO3)[C@@H](c1ccccc1)C(C#N)=C(N)O2. The fourth-order valence-electron chi connectivity index (χ4n) is 4.08. The van der Waals surface area contributed by atoms with Gasteiger partial charge in [0, 0.05) is 11.8 Å². The van der Waals surface area contributed by atoms with Gasteiger partial charge in [-0.3, -0.25) is 4.79 Å². The molecule has 3 aromatic rings. The number of aryl methyl sites for hydroxylation is 1. The lowest BCUT2D eigenvalue weighted by Gasteiger charge is -2.27. The highest BCUT2D eigenvalue weighted by Gasteiger charge is 2.34. The average molecular weight is 413 g/mol. The summed E-state index contributed by atoms with van der Waals surface area (Å²) < 4.78 is 18.2. The van der Waals surface area contributed by atoms with Crippen LogP contribution in [0.5, 0.6) is 17.2 Å². The molecule has 2 aliphatic heterocycles. The van der Waals surface area contributed by atoms with Gasteiger partial charge in [-0.2, -0.15) is 5.26 Å². The Morgan fingerprint density at radius 1 is 1.10 bits per heavy atom. The van der Waals surface area contributed by atoms with Gasteiger partial charge in [-0.05, 0) is 30.2 Å². The normalized spacial score (nSPS) is 16.5. The Labute approximate surface area is 178 Å². The van der Waals surface area contributed by atoms with Crippen molar-refractivity contribution in [3.63, 3.8) is 0 Å². The summed E-state index contributed by atoms with van der Waals surface area (Å²) >= 11 is 0. The van der Waals surface area contributed by atoms with E-state index in [-0.39, 0.29) is 23.8 Å². The van der Waals surface area contributed by atoms with Crippen LogP contribution in [0.4, 0.5) is 0 Å². The average Bonchev–Trinajstić information content (AvgIpc) is 3.24. The third-order valence-corrected chi connectivity index (χ3v) is 5.60. The molecule has 5 rings (SSSR count). The molecule has 7 nitrogen and oxygen atoms in total. The maximum absolute atomic E-state index is 13.7. The van der Waals surface area contributed by atoms with E-state index in [0.717, 1.165) is 16.8 Å². The second-order valence-corrected chi connectivity index (χ2v) is 7.48. The summed E-state index contributed by atoms with van der Waals surface area (Å²) in [4.78, 5) is 13.7. The van der Waals surface area contributed by atoms with Gasteiger partial charge in [0.15, 0.2) is 11.5 Å². The van der Waals surface area contributed by atoms with Crippen molar-refractivity contribution in [2.24, 2.45) is 5.73 Å². The Balaban J connectivity index is 1.65. The lowest BCUT2D eigenvalue weighted by atomic mass is 9.84. The molecule has 0 amide bonds. The summed E-state index contributed by atoms with van der Waals surface area (Å²) in [6.07, 6.45) is 0. The molecule has 2 N–H and O–H groups in total. The van der Waals surface area contributed by atoms with E-state index in [9.17, 15) is 10.1 Å². The Hall–Kier alpha value is -4.18. The number of nitriles is 1. The van der Waals surface area contributed by atoms with Gasteiger partial charge < -0.3 is 24.5 Å². The van der Waals surface area contributed by atoms with E-state index in [1.807, 2.05) is 55.5 Å². The summed E-state index contributed by atoms with van der Waals surface area (Å²) in [6.45, 7) is 2.38. The number of benzene rings is 2. The van der Waals surface area contributed by atoms with E-state index in [4.69, 9.17) is 19.9 Å². The van der Waals surface area contributed by atoms with E-state index in [0.29, 0.717) is 29.4 Å². The Kier molecular flexibility index (Phi) is 4.41. The molecule has 2 aliphatic rings. The molecule has 3 heterocycles. The molecule has 31 heavy (non-hydrogen) atoms. The van der Waals surface area contributed by atoms with E-state index < -0.39 is 5.92 Å². The zero-order chi connectivity index (χ0) is 21.5. The molecular weight excluding hydrogens is 394 g/mol. The first-order chi connectivity index (χ1) is 15.1. The first kappa shape index (κ1) is 18.8. The van der Waals surface area contributed by atoms with Crippen LogP contribution in [0.1, 0.15) is 28.3 Å². The van der Waals surface area contributed by atoms with Crippen molar-refractivity contribution in [3.05, 3.63) is 98.8 Å². The van der Waals surface area contributed by atoms with Crippen molar-refractivity contribution in [3.8, 4) is 23.3 Å². The standard InChI is InChI=1S/C24H19N3O4/c1-14-9-20-22(21(16-5-3-2-4-6-16)17(11-25)23(26)31-20)24(28)27(14)12-15-7-8-18-19(10-15)30-13-29-18/h2-10,21H,12-13,26H2,1H3/t21-/m0/s1. The van der Waals surface area contributed by atoms with Crippen LogP contribution in [0, 0.1) is 18.3 Å². The van der Waals surface area contributed by atoms with Crippen LogP contribution in [0.15, 0.2) is 70.8 Å². The number of allylic oxidation sites excluding steroid dienone is 1. The van der Waals surface area contributed by atoms with Gasteiger partial charge >= 0.3 is 0 Å². The fourth-order valence-corrected chi connectivity index (χ4v) is 4.08. The number of ether oxygens (including phenoxy) is 3. The van der Waals surface area contributed by atoms with Crippen LogP contribution in [0.25, 0.3) is 0 Å². The number of nitrogens with zero attached hydrogens (tertiary/aromatic N) is 2. The molecule has 0 radical (unpaired) electrons. The third kappa shape index (κ3) is 3.09. The second-order valence-electron chi connectivity index (χ2n) is 7.48. The largest absolute Gasteiger partial charge is 0.454 e. The molecule has 0 unspecified atom stereocenters. The number of hydrogen-bond acceptors (Lipinski definition) is 6. The molecule has 0 saturated heterocycles. The first-order valence-electron chi connectivity index (χ1n) is 9.82. The predicted molar refractivity (Wildman–Crippen MR) is 113 cm³/mol. The summed E-state index contributed by atoms with van der Waals surface area (Å²) in [6, 6.07) is 18.9. The molecule has 2 aromatic carbocycles. The quantitative estimate of drug-likeness (QED) is 0.708. The van der Waals surface area contributed by atoms with Crippen molar-refractivity contribution in [1.29, 1.82) is 5.26 Å². The zero-order valence-electron chi connectivity index (χ0n) is 16.8. The topological polar surface area (TPSA) is 99.5 Å². The second kappa shape index (κ2) is 7.26. The van der Waals surface area contributed by atoms with Gasteiger partial charge in [0.25, 0.3) is 5.56 Å². The number of rotatable bonds is 3. The molecular formula is C24H19N3O4. The molecule has 1 aromatic heterocycles. The first-order valence-corrected chi connectivity index (χ1v) is 9.82. The van der Waals surface area contributed by atoms with Gasteiger partial charge in [0.1, 0.15) is 17.4 Å². The lowest BCUT2D eigenvalue weighted by Crippen LogP contribution is -2.33. The maximum Gasteiger partial charge on any atom is 0.259 e. The number of pyridine rings is 1. The number of aromatic nitrogens is 1. The van der Waals surface area contributed by atoms with Crippen LogP contribution < -0.4 is 25.5 Å². The Morgan fingerprint density at radius 3 is 2.65 bits per heavy atom. The van der Waals surface area contributed by atoms with Crippen LogP contribution in [0.3, 0.4) is 0 Å². The number of hydrogen-bond donors (Lipinski definition) is 1. The van der Waals surface area contributed by atoms with Crippen LogP contribution in [-0.4, -0.2) is 11.4 Å². The molecule has 0 aliphatic carbocycles. The van der Waals surface area contributed by atoms with Gasteiger partial charge in [-0.1, -0.05) is 36.4 Å². The highest BCUT2D eigenvalue weighted by molar-refractivity contribution is 5.55. The summed E-state index contributed by atoms with van der Waals surface area (Å²) in [5.74, 6) is 1.17. The van der Waals surface area contributed by atoms with Crippen molar-refractivity contribution in [1.82, 2.24) is 4.57 Å². The Bertz CT molecular complexity index is 1320. The fraction of sp³-hybridized carbons (Fsp3) is 0.167. The van der Waals surface area contributed by atoms with E-state index >= 15 is 0 Å². The van der Waals surface area contributed by atoms with Gasteiger partial charge in [-0.15, -0.1) is 0 Å². The number of fused-ring (bicyclic) bond motifs is 2. The molecule has 0 saturated carbocycles. The Morgan fingerprint density at radius 2 is 1.87 bits per heavy atom.